The molecule has 2 unspecified atom stereocenters. The molecule has 3 aromatic carbocycles. The summed E-state index contributed by atoms with van der Waals surface area (Å²) in [5, 5.41) is 2.54. The largest absolute Gasteiger partial charge is 0.352 e. The molecule has 0 saturated carbocycles. The van der Waals surface area contributed by atoms with Crippen LogP contribution in [0.1, 0.15) is 29.2 Å². The van der Waals surface area contributed by atoms with Crippen molar-refractivity contribution < 1.29 is 9.59 Å². The molecule has 4 rings (SSSR count). The molecule has 0 fully saturated rings. The summed E-state index contributed by atoms with van der Waals surface area (Å²) in [4.78, 5) is 29.4. The Balaban J connectivity index is 1.53. The fourth-order valence-electron chi connectivity index (χ4n) is 3.87. The van der Waals surface area contributed by atoms with Crippen LogP contribution in [0, 0.1) is 19.8 Å². The first-order valence-electron chi connectivity index (χ1n) is 10.9. The molecule has 1 heterocycles. The SMILES string of the molecule is Cc1ccc(CNC(=O)C(C)C2Sc3ccccc3N(Cc3ccccc3C)C2=O)cc1. The number of carbonyl (C=O) groups is 2. The number of rotatable bonds is 6. The minimum absolute atomic E-state index is 0.0186. The summed E-state index contributed by atoms with van der Waals surface area (Å²) in [6.07, 6.45) is 0. The second-order valence-electron chi connectivity index (χ2n) is 8.35. The Bertz CT molecular complexity index is 1130. The maximum Gasteiger partial charge on any atom is 0.241 e. The van der Waals surface area contributed by atoms with Crippen LogP contribution in [0.25, 0.3) is 0 Å². The Labute approximate surface area is 194 Å². The van der Waals surface area contributed by atoms with Crippen LogP contribution < -0.4 is 10.2 Å². The summed E-state index contributed by atoms with van der Waals surface area (Å²) in [7, 11) is 0. The average Bonchev–Trinajstić information content (AvgIpc) is 2.81. The summed E-state index contributed by atoms with van der Waals surface area (Å²) in [6.45, 7) is 6.90. The lowest BCUT2D eigenvalue weighted by molar-refractivity contribution is -0.128. The molecule has 0 spiro atoms. The maximum atomic E-state index is 13.6. The first-order valence-corrected chi connectivity index (χ1v) is 11.8. The number of nitrogens with one attached hydrogen (secondary N) is 1. The van der Waals surface area contributed by atoms with Gasteiger partial charge in [-0.2, -0.15) is 0 Å². The smallest absolute Gasteiger partial charge is 0.241 e. The van der Waals surface area contributed by atoms with Crippen molar-refractivity contribution in [2.75, 3.05) is 4.90 Å². The molecule has 2 atom stereocenters. The van der Waals surface area contributed by atoms with Gasteiger partial charge in [-0.3, -0.25) is 9.59 Å². The first-order chi connectivity index (χ1) is 15.4. The van der Waals surface area contributed by atoms with E-state index < -0.39 is 11.2 Å². The van der Waals surface area contributed by atoms with Gasteiger partial charge < -0.3 is 10.2 Å². The molecule has 0 saturated heterocycles. The molecule has 32 heavy (non-hydrogen) atoms. The molecule has 4 nitrogen and oxygen atoms in total. The standard InChI is InChI=1S/C27H28N2O2S/c1-18-12-14-21(15-13-18)16-28-26(30)20(3)25-27(31)29(17-22-9-5-4-8-19(22)2)23-10-6-7-11-24(23)32-25/h4-15,20,25H,16-17H2,1-3H3,(H,28,30). The van der Waals surface area contributed by atoms with E-state index in [-0.39, 0.29) is 11.8 Å². The quantitative estimate of drug-likeness (QED) is 0.564. The van der Waals surface area contributed by atoms with Crippen molar-refractivity contribution in [3.8, 4) is 0 Å². The zero-order valence-corrected chi connectivity index (χ0v) is 19.5. The number of para-hydroxylation sites is 1. The lowest BCUT2D eigenvalue weighted by Gasteiger charge is -2.36. The van der Waals surface area contributed by atoms with Crippen LogP contribution >= 0.6 is 11.8 Å². The van der Waals surface area contributed by atoms with Crippen LogP contribution in [0.2, 0.25) is 0 Å². The van der Waals surface area contributed by atoms with Gasteiger partial charge >= 0.3 is 0 Å². The number of nitrogens with zero attached hydrogens (tertiary/aromatic N) is 1. The summed E-state index contributed by atoms with van der Waals surface area (Å²) < 4.78 is 0. The molecule has 0 aromatic heterocycles. The number of benzene rings is 3. The van der Waals surface area contributed by atoms with Crippen LogP contribution in [-0.2, 0) is 22.7 Å². The van der Waals surface area contributed by atoms with E-state index in [2.05, 4.69) is 24.4 Å². The monoisotopic (exact) mass is 444 g/mol. The zero-order valence-electron chi connectivity index (χ0n) is 18.7. The van der Waals surface area contributed by atoms with Gasteiger partial charge in [0.2, 0.25) is 11.8 Å². The van der Waals surface area contributed by atoms with Gasteiger partial charge in [0.05, 0.1) is 18.2 Å². The third kappa shape index (κ3) is 4.73. The molecular weight excluding hydrogens is 416 g/mol. The van der Waals surface area contributed by atoms with Crippen molar-refractivity contribution in [2.24, 2.45) is 5.92 Å². The summed E-state index contributed by atoms with van der Waals surface area (Å²) >= 11 is 1.49. The average molecular weight is 445 g/mol. The summed E-state index contributed by atoms with van der Waals surface area (Å²) in [5.74, 6) is -0.577. The fourth-order valence-corrected chi connectivity index (χ4v) is 5.16. The number of amides is 2. The number of carbonyl (C=O) groups excluding carboxylic acids is 2. The van der Waals surface area contributed by atoms with Gasteiger partial charge in [-0.25, -0.2) is 0 Å². The molecule has 1 N–H and O–H groups in total. The van der Waals surface area contributed by atoms with E-state index in [1.165, 1.54) is 17.3 Å². The topological polar surface area (TPSA) is 49.4 Å². The Morgan fingerprint density at radius 3 is 2.44 bits per heavy atom. The van der Waals surface area contributed by atoms with Crippen molar-refractivity contribution in [1.29, 1.82) is 0 Å². The van der Waals surface area contributed by atoms with Gasteiger partial charge in [0.1, 0.15) is 5.25 Å². The lowest BCUT2D eigenvalue weighted by Crippen LogP contribution is -2.47. The molecule has 5 heteroatoms. The van der Waals surface area contributed by atoms with Crippen LogP contribution in [0.15, 0.2) is 77.7 Å². The molecule has 1 aliphatic rings. The first kappa shape index (κ1) is 22.2. The molecule has 2 amide bonds. The van der Waals surface area contributed by atoms with Gasteiger partial charge in [-0.1, -0.05) is 73.2 Å². The summed E-state index contributed by atoms with van der Waals surface area (Å²) in [6, 6.07) is 24.2. The fraction of sp³-hybridized carbons (Fsp3) is 0.259. The maximum absolute atomic E-state index is 13.6. The Hall–Kier alpha value is -3.05. The molecule has 0 radical (unpaired) electrons. The lowest BCUT2D eigenvalue weighted by atomic mass is 10.0. The molecular formula is C27H28N2O2S. The van der Waals surface area contributed by atoms with Crippen LogP contribution in [0.5, 0.6) is 0 Å². The Kier molecular flexibility index (Phi) is 6.66. The highest BCUT2D eigenvalue weighted by atomic mass is 32.2. The van der Waals surface area contributed by atoms with Crippen molar-refractivity contribution in [2.45, 2.75) is 44.0 Å². The van der Waals surface area contributed by atoms with Crippen molar-refractivity contribution in [3.63, 3.8) is 0 Å². The van der Waals surface area contributed by atoms with E-state index in [9.17, 15) is 9.59 Å². The van der Waals surface area contributed by atoms with E-state index >= 15 is 0 Å². The van der Waals surface area contributed by atoms with Crippen molar-refractivity contribution >= 4 is 29.3 Å². The molecule has 0 bridgehead atoms. The second kappa shape index (κ2) is 9.61. The van der Waals surface area contributed by atoms with E-state index in [0.717, 1.165) is 27.3 Å². The minimum atomic E-state index is -0.466. The van der Waals surface area contributed by atoms with Gasteiger partial charge in [0, 0.05) is 11.4 Å². The second-order valence-corrected chi connectivity index (χ2v) is 9.53. The highest BCUT2D eigenvalue weighted by Gasteiger charge is 2.39. The number of thioether (sulfide) groups is 1. The van der Waals surface area contributed by atoms with Crippen molar-refractivity contribution in [3.05, 3.63) is 95.1 Å². The zero-order chi connectivity index (χ0) is 22.7. The number of fused-ring (bicyclic) bond motifs is 1. The van der Waals surface area contributed by atoms with Crippen LogP contribution in [0.3, 0.4) is 0 Å². The Morgan fingerprint density at radius 1 is 1.00 bits per heavy atom. The van der Waals surface area contributed by atoms with Crippen molar-refractivity contribution in [1.82, 2.24) is 5.32 Å². The Morgan fingerprint density at radius 2 is 1.69 bits per heavy atom. The number of anilines is 1. The van der Waals surface area contributed by atoms with E-state index in [4.69, 9.17) is 0 Å². The van der Waals surface area contributed by atoms with E-state index in [1.807, 2.05) is 79.4 Å². The predicted octanol–water partition coefficient (Wildman–Crippen LogP) is 5.26. The highest BCUT2D eigenvalue weighted by molar-refractivity contribution is 8.01. The van der Waals surface area contributed by atoms with E-state index in [1.54, 1.807) is 0 Å². The predicted molar refractivity (Wildman–Crippen MR) is 131 cm³/mol. The van der Waals surface area contributed by atoms with Crippen LogP contribution in [0.4, 0.5) is 5.69 Å². The van der Waals surface area contributed by atoms with Gasteiger partial charge in [-0.05, 0) is 42.7 Å². The number of hydrogen-bond donors (Lipinski definition) is 1. The summed E-state index contributed by atoms with van der Waals surface area (Å²) in [5.41, 5.74) is 5.40. The third-order valence-electron chi connectivity index (χ3n) is 5.96. The van der Waals surface area contributed by atoms with Gasteiger partial charge in [-0.15, -0.1) is 11.8 Å². The number of aryl methyl sites for hydroxylation is 2. The van der Waals surface area contributed by atoms with E-state index in [0.29, 0.717) is 13.1 Å². The highest BCUT2D eigenvalue weighted by Crippen LogP contribution is 2.42. The van der Waals surface area contributed by atoms with Crippen LogP contribution in [-0.4, -0.2) is 17.1 Å². The third-order valence-corrected chi connectivity index (χ3v) is 7.43. The van der Waals surface area contributed by atoms with Gasteiger partial charge in [0.25, 0.3) is 0 Å². The molecule has 1 aliphatic heterocycles. The molecule has 3 aromatic rings. The normalized spacial score (nSPS) is 16.4. The number of hydrogen-bond acceptors (Lipinski definition) is 3. The molecule has 164 valence electrons. The minimum Gasteiger partial charge on any atom is -0.352 e. The molecule has 0 aliphatic carbocycles. The van der Waals surface area contributed by atoms with Gasteiger partial charge in [0.15, 0.2) is 0 Å².